The molecule has 0 aliphatic carbocycles. The highest BCUT2D eigenvalue weighted by atomic mass is 16.1. The molecule has 0 unspecified atom stereocenters. The molecule has 0 spiro atoms. The maximum Gasteiger partial charge on any atom is 0.141 e. The highest BCUT2D eigenvalue weighted by Gasteiger charge is 2.07. The minimum atomic E-state index is 0.237. The van der Waals surface area contributed by atoms with Crippen molar-refractivity contribution in [2.24, 2.45) is 0 Å². The molecule has 19 heavy (non-hydrogen) atoms. The lowest BCUT2D eigenvalue weighted by Gasteiger charge is -2.04. The van der Waals surface area contributed by atoms with Crippen LogP contribution in [-0.4, -0.2) is 15.6 Å². The van der Waals surface area contributed by atoms with Gasteiger partial charge in [-0.1, -0.05) is 29.3 Å². The van der Waals surface area contributed by atoms with Gasteiger partial charge in [0.15, 0.2) is 0 Å². The number of nitrogens with zero attached hydrogens (tertiary/aromatic N) is 2. The molecule has 1 aromatic heterocycles. The first-order valence-corrected chi connectivity index (χ1v) is 6.67. The molecule has 3 heteroatoms. The quantitative estimate of drug-likeness (QED) is 0.824. The minimum absolute atomic E-state index is 0.237. The van der Waals surface area contributed by atoms with Crippen molar-refractivity contribution in [3.05, 3.63) is 52.8 Å². The second-order valence-electron chi connectivity index (χ2n) is 5.09. The molecule has 3 nitrogen and oxygen atoms in total. The molecule has 100 valence electrons. The summed E-state index contributed by atoms with van der Waals surface area (Å²) in [6.07, 6.45) is 4.69. The van der Waals surface area contributed by atoms with Gasteiger partial charge >= 0.3 is 0 Å². The Kier molecular flexibility index (Phi) is 4.15. The molecule has 0 N–H and O–H groups in total. The zero-order chi connectivity index (χ0) is 13.8. The SMILES string of the molecule is CCn1cc(CC(=O)Cc2cc(C)cc(C)c2)cn1. The number of benzene rings is 1. The Morgan fingerprint density at radius 3 is 2.32 bits per heavy atom. The monoisotopic (exact) mass is 256 g/mol. The van der Waals surface area contributed by atoms with Crippen LogP contribution in [0.2, 0.25) is 0 Å². The van der Waals surface area contributed by atoms with Gasteiger partial charge in [-0.25, -0.2) is 0 Å². The van der Waals surface area contributed by atoms with Crippen LogP contribution in [0.25, 0.3) is 0 Å². The van der Waals surface area contributed by atoms with E-state index in [1.54, 1.807) is 6.20 Å². The van der Waals surface area contributed by atoms with E-state index in [1.807, 2.05) is 17.8 Å². The van der Waals surface area contributed by atoms with Crippen LogP contribution < -0.4 is 0 Å². The van der Waals surface area contributed by atoms with Gasteiger partial charge in [0, 0.05) is 25.6 Å². The summed E-state index contributed by atoms with van der Waals surface area (Å²) in [6.45, 7) is 7.00. The third-order valence-corrected chi connectivity index (χ3v) is 3.09. The molecular weight excluding hydrogens is 236 g/mol. The fourth-order valence-corrected chi connectivity index (χ4v) is 2.36. The molecule has 0 radical (unpaired) electrons. The summed E-state index contributed by atoms with van der Waals surface area (Å²) in [5.74, 6) is 0.237. The fraction of sp³-hybridized carbons (Fsp3) is 0.375. The van der Waals surface area contributed by atoms with E-state index >= 15 is 0 Å². The van der Waals surface area contributed by atoms with Crippen LogP contribution in [0.15, 0.2) is 30.6 Å². The Morgan fingerprint density at radius 2 is 1.74 bits per heavy atom. The smallest absolute Gasteiger partial charge is 0.141 e. The maximum atomic E-state index is 12.1. The minimum Gasteiger partial charge on any atom is -0.299 e. The molecule has 0 bridgehead atoms. The third-order valence-electron chi connectivity index (χ3n) is 3.09. The van der Waals surface area contributed by atoms with Gasteiger partial charge in [-0.2, -0.15) is 5.10 Å². The summed E-state index contributed by atoms with van der Waals surface area (Å²) < 4.78 is 1.85. The Morgan fingerprint density at radius 1 is 1.11 bits per heavy atom. The summed E-state index contributed by atoms with van der Waals surface area (Å²) in [4.78, 5) is 12.1. The molecule has 0 aliphatic rings. The van der Waals surface area contributed by atoms with Crippen molar-refractivity contribution in [2.75, 3.05) is 0 Å². The van der Waals surface area contributed by atoms with Gasteiger partial charge in [0.05, 0.1) is 6.20 Å². The second kappa shape index (κ2) is 5.83. The zero-order valence-electron chi connectivity index (χ0n) is 11.8. The predicted molar refractivity (Wildman–Crippen MR) is 76.2 cm³/mol. The Hall–Kier alpha value is -1.90. The van der Waals surface area contributed by atoms with Crippen LogP contribution in [0.4, 0.5) is 0 Å². The van der Waals surface area contributed by atoms with Crippen molar-refractivity contribution in [3.8, 4) is 0 Å². The summed E-state index contributed by atoms with van der Waals surface area (Å²) in [5, 5.41) is 4.19. The molecule has 0 atom stereocenters. The van der Waals surface area contributed by atoms with E-state index in [1.165, 1.54) is 11.1 Å². The van der Waals surface area contributed by atoms with Crippen LogP contribution in [0, 0.1) is 13.8 Å². The molecule has 1 heterocycles. The highest BCUT2D eigenvalue weighted by molar-refractivity contribution is 5.83. The van der Waals surface area contributed by atoms with Crippen molar-refractivity contribution in [1.82, 2.24) is 9.78 Å². The van der Waals surface area contributed by atoms with Gasteiger partial charge in [-0.15, -0.1) is 0 Å². The number of carbonyl (C=O) groups is 1. The predicted octanol–water partition coefficient (Wildman–Crippen LogP) is 2.87. The normalized spacial score (nSPS) is 10.7. The molecule has 0 fully saturated rings. The number of rotatable bonds is 5. The average molecular weight is 256 g/mol. The number of Topliss-reactive ketones (excluding diaryl/α,β-unsaturated/α-hetero) is 1. The van der Waals surface area contributed by atoms with Crippen LogP contribution in [0.1, 0.15) is 29.2 Å². The van der Waals surface area contributed by atoms with Gasteiger partial charge in [-0.3, -0.25) is 9.48 Å². The van der Waals surface area contributed by atoms with Crippen LogP contribution in [-0.2, 0) is 24.2 Å². The van der Waals surface area contributed by atoms with Gasteiger partial charge in [0.1, 0.15) is 5.78 Å². The largest absolute Gasteiger partial charge is 0.299 e. The molecule has 0 aliphatic heterocycles. The summed E-state index contributed by atoms with van der Waals surface area (Å²) in [7, 11) is 0. The van der Waals surface area contributed by atoms with E-state index in [0.29, 0.717) is 12.8 Å². The lowest BCUT2D eigenvalue weighted by molar-refractivity contribution is -0.117. The Bertz CT molecular complexity index is 564. The fourth-order valence-electron chi connectivity index (χ4n) is 2.36. The zero-order valence-corrected chi connectivity index (χ0v) is 11.8. The first-order valence-electron chi connectivity index (χ1n) is 6.67. The molecule has 0 saturated carbocycles. The van der Waals surface area contributed by atoms with E-state index in [2.05, 4.69) is 37.1 Å². The second-order valence-corrected chi connectivity index (χ2v) is 5.09. The van der Waals surface area contributed by atoms with Gasteiger partial charge in [-0.05, 0) is 31.9 Å². The Balaban J connectivity index is 2.00. The summed E-state index contributed by atoms with van der Waals surface area (Å²) >= 11 is 0. The first-order chi connectivity index (χ1) is 9.06. The van der Waals surface area contributed by atoms with Crippen molar-refractivity contribution in [1.29, 1.82) is 0 Å². The molecule has 0 saturated heterocycles. The van der Waals surface area contributed by atoms with Gasteiger partial charge < -0.3 is 0 Å². The van der Waals surface area contributed by atoms with E-state index in [0.717, 1.165) is 17.7 Å². The number of hydrogen-bond donors (Lipinski definition) is 0. The van der Waals surface area contributed by atoms with Gasteiger partial charge in [0.2, 0.25) is 0 Å². The van der Waals surface area contributed by atoms with E-state index in [-0.39, 0.29) is 5.78 Å². The van der Waals surface area contributed by atoms with E-state index < -0.39 is 0 Å². The van der Waals surface area contributed by atoms with Crippen molar-refractivity contribution >= 4 is 5.78 Å². The number of hydrogen-bond acceptors (Lipinski definition) is 2. The number of ketones is 1. The highest BCUT2D eigenvalue weighted by Crippen LogP contribution is 2.11. The summed E-state index contributed by atoms with van der Waals surface area (Å²) in [5.41, 5.74) is 4.52. The summed E-state index contributed by atoms with van der Waals surface area (Å²) in [6, 6.07) is 6.29. The van der Waals surface area contributed by atoms with Crippen LogP contribution >= 0.6 is 0 Å². The van der Waals surface area contributed by atoms with Gasteiger partial charge in [0.25, 0.3) is 0 Å². The Labute approximate surface area is 114 Å². The lowest BCUT2D eigenvalue weighted by Crippen LogP contribution is -2.06. The van der Waals surface area contributed by atoms with Crippen LogP contribution in [0.5, 0.6) is 0 Å². The molecular formula is C16H20N2O. The number of aryl methyl sites for hydroxylation is 3. The average Bonchev–Trinajstić information content (AvgIpc) is 2.74. The van der Waals surface area contributed by atoms with Crippen molar-refractivity contribution < 1.29 is 4.79 Å². The molecule has 2 aromatic rings. The van der Waals surface area contributed by atoms with Crippen molar-refractivity contribution in [3.63, 3.8) is 0 Å². The number of carbonyl (C=O) groups excluding carboxylic acids is 1. The third kappa shape index (κ3) is 3.78. The lowest BCUT2D eigenvalue weighted by atomic mass is 10.0. The topological polar surface area (TPSA) is 34.9 Å². The first kappa shape index (κ1) is 13.5. The number of aromatic nitrogens is 2. The maximum absolute atomic E-state index is 12.1. The van der Waals surface area contributed by atoms with Crippen molar-refractivity contribution in [2.45, 2.75) is 40.2 Å². The van der Waals surface area contributed by atoms with E-state index in [4.69, 9.17) is 0 Å². The van der Waals surface area contributed by atoms with E-state index in [9.17, 15) is 4.79 Å². The molecule has 0 amide bonds. The molecule has 2 rings (SSSR count). The molecule has 1 aromatic carbocycles. The van der Waals surface area contributed by atoms with Crippen LogP contribution in [0.3, 0.4) is 0 Å². The standard InChI is InChI=1S/C16H20N2O/c1-4-18-11-15(10-17-18)9-16(19)8-14-6-12(2)5-13(3)7-14/h5-7,10-11H,4,8-9H2,1-3H3.